The molecule has 3 heteroatoms. The molecule has 0 heterocycles. The minimum atomic E-state index is -0.301. The third kappa shape index (κ3) is 9.13. The van der Waals surface area contributed by atoms with Crippen LogP contribution < -0.4 is 0 Å². The molecular formula is C17H33NO2. The maximum Gasteiger partial charge on any atom is 0.331 e. The monoisotopic (exact) mass is 283 g/mol. The molecule has 0 spiro atoms. The Morgan fingerprint density at radius 3 is 2.05 bits per heavy atom. The van der Waals surface area contributed by atoms with Crippen LogP contribution in [0.25, 0.3) is 0 Å². The van der Waals surface area contributed by atoms with Crippen LogP contribution in [0.2, 0.25) is 0 Å². The molecule has 0 aliphatic heterocycles. The molecule has 0 saturated carbocycles. The molecule has 1 atom stereocenters. The SMILES string of the molecule is C=CC(=O)OC(CCCCC)N(CCCC)CCCC. The zero-order valence-electron chi connectivity index (χ0n) is 13.7. The largest absolute Gasteiger partial charge is 0.443 e. The van der Waals surface area contributed by atoms with E-state index < -0.39 is 0 Å². The minimum absolute atomic E-state index is 0.0786. The maximum atomic E-state index is 11.5. The van der Waals surface area contributed by atoms with Gasteiger partial charge in [-0.05, 0) is 25.7 Å². The normalized spacial score (nSPS) is 12.4. The van der Waals surface area contributed by atoms with Gasteiger partial charge in [-0.2, -0.15) is 0 Å². The van der Waals surface area contributed by atoms with Gasteiger partial charge in [0, 0.05) is 19.2 Å². The van der Waals surface area contributed by atoms with E-state index in [0.29, 0.717) is 0 Å². The first-order chi connectivity index (χ1) is 9.69. The van der Waals surface area contributed by atoms with Gasteiger partial charge in [-0.15, -0.1) is 0 Å². The molecule has 0 aliphatic carbocycles. The fourth-order valence-corrected chi connectivity index (χ4v) is 2.19. The van der Waals surface area contributed by atoms with Crippen molar-refractivity contribution in [3.63, 3.8) is 0 Å². The molecule has 0 aromatic heterocycles. The molecule has 0 bridgehead atoms. The number of rotatable bonds is 13. The lowest BCUT2D eigenvalue weighted by Crippen LogP contribution is -2.40. The van der Waals surface area contributed by atoms with Crippen molar-refractivity contribution in [3.8, 4) is 0 Å². The smallest absolute Gasteiger partial charge is 0.331 e. The second kappa shape index (κ2) is 13.2. The maximum absolute atomic E-state index is 11.5. The summed E-state index contributed by atoms with van der Waals surface area (Å²) in [6.07, 6.45) is 10.2. The summed E-state index contributed by atoms with van der Waals surface area (Å²) in [6.45, 7) is 12.1. The van der Waals surface area contributed by atoms with Crippen LogP contribution in [0.4, 0.5) is 0 Å². The number of nitrogens with zero attached hydrogens (tertiary/aromatic N) is 1. The number of ether oxygens (including phenoxy) is 1. The van der Waals surface area contributed by atoms with Crippen LogP contribution in [0.15, 0.2) is 12.7 Å². The number of unbranched alkanes of at least 4 members (excludes halogenated alkanes) is 4. The predicted molar refractivity (Wildman–Crippen MR) is 85.6 cm³/mol. The Labute approximate surface area is 125 Å². The first-order valence-electron chi connectivity index (χ1n) is 8.26. The second-order valence-electron chi connectivity index (χ2n) is 5.33. The van der Waals surface area contributed by atoms with Crippen LogP contribution in [0.3, 0.4) is 0 Å². The molecule has 0 aliphatic rings. The van der Waals surface area contributed by atoms with Crippen LogP contribution in [0.1, 0.15) is 72.1 Å². The summed E-state index contributed by atoms with van der Waals surface area (Å²) in [4.78, 5) is 13.9. The molecule has 0 aromatic carbocycles. The summed E-state index contributed by atoms with van der Waals surface area (Å²) >= 11 is 0. The van der Waals surface area contributed by atoms with E-state index in [4.69, 9.17) is 4.74 Å². The Balaban J connectivity index is 4.57. The Morgan fingerprint density at radius 1 is 1.05 bits per heavy atom. The van der Waals surface area contributed by atoms with E-state index in [1.165, 1.54) is 31.8 Å². The number of esters is 1. The molecule has 20 heavy (non-hydrogen) atoms. The first-order valence-corrected chi connectivity index (χ1v) is 8.26. The average molecular weight is 283 g/mol. The van der Waals surface area contributed by atoms with Crippen molar-refractivity contribution in [2.45, 2.75) is 78.4 Å². The highest BCUT2D eigenvalue weighted by molar-refractivity contribution is 5.81. The summed E-state index contributed by atoms with van der Waals surface area (Å²) in [7, 11) is 0. The molecule has 0 rings (SSSR count). The average Bonchev–Trinajstić information content (AvgIpc) is 2.46. The van der Waals surface area contributed by atoms with Gasteiger partial charge in [-0.25, -0.2) is 4.79 Å². The van der Waals surface area contributed by atoms with Gasteiger partial charge in [0.15, 0.2) is 6.23 Å². The highest BCUT2D eigenvalue weighted by Gasteiger charge is 2.20. The van der Waals surface area contributed by atoms with E-state index in [1.54, 1.807) is 0 Å². The molecule has 0 N–H and O–H groups in total. The van der Waals surface area contributed by atoms with Crippen LogP contribution in [0, 0.1) is 0 Å². The van der Waals surface area contributed by atoms with Crippen LogP contribution in [0.5, 0.6) is 0 Å². The van der Waals surface area contributed by atoms with E-state index in [0.717, 1.165) is 38.8 Å². The predicted octanol–water partition coefficient (Wildman–Crippen LogP) is 4.52. The van der Waals surface area contributed by atoms with Crippen molar-refractivity contribution in [1.82, 2.24) is 4.90 Å². The summed E-state index contributed by atoms with van der Waals surface area (Å²) in [5.41, 5.74) is 0. The second-order valence-corrected chi connectivity index (χ2v) is 5.33. The van der Waals surface area contributed by atoms with Crippen molar-refractivity contribution in [2.24, 2.45) is 0 Å². The van der Waals surface area contributed by atoms with E-state index >= 15 is 0 Å². The van der Waals surface area contributed by atoms with Gasteiger partial charge >= 0.3 is 5.97 Å². The Kier molecular flexibility index (Phi) is 12.6. The Bertz CT molecular complexity index is 245. The van der Waals surface area contributed by atoms with Gasteiger partial charge in [0.2, 0.25) is 0 Å². The van der Waals surface area contributed by atoms with Crippen molar-refractivity contribution >= 4 is 5.97 Å². The number of carbonyl (C=O) groups is 1. The lowest BCUT2D eigenvalue weighted by Gasteiger charge is -2.31. The number of hydrogen-bond donors (Lipinski definition) is 0. The molecule has 0 amide bonds. The highest BCUT2D eigenvalue weighted by Crippen LogP contribution is 2.14. The van der Waals surface area contributed by atoms with E-state index in [-0.39, 0.29) is 12.2 Å². The molecule has 1 unspecified atom stereocenters. The third-order valence-corrected chi connectivity index (χ3v) is 3.48. The zero-order valence-corrected chi connectivity index (χ0v) is 13.7. The topological polar surface area (TPSA) is 29.5 Å². The van der Waals surface area contributed by atoms with Crippen molar-refractivity contribution in [2.75, 3.05) is 13.1 Å². The van der Waals surface area contributed by atoms with Crippen molar-refractivity contribution in [3.05, 3.63) is 12.7 Å². The van der Waals surface area contributed by atoms with Gasteiger partial charge in [0.25, 0.3) is 0 Å². The first kappa shape index (κ1) is 19.2. The minimum Gasteiger partial charge on any atom is -0.443 e. The quantitative estimate of drug-likeness (QED) is 0.215. The zero-order chi connectivity index (χ0) is 15.2. The molecule has 0 aromatic rings. The van der Waals surface area contributed by atoms with Gasteiger partial charge in [0.1, 0.15) is 0 Å². The molecular weight excluding hydrogens is 250 g/mol. The van der Waals surface area contributed by atoms with Crippen molar-refractivity contribution < 1.29 is 9.53 Å². The van der Waals surface area contributed by atoms with Gasteiger partial charge < -0.3 is 4.74 Å². The van der Waals surface area contributed by atoms with E-state index in [1.807, 2.05) is 0 Å². The fourth-order valence-electron chi connectivity index (χ4n) is 2.19. The van der Waals surface area contributed by atoms with E-state index in [2.05, 4.69) is 32.3 Å². The standard InChI is InChI=1S/C17H33NO2/c1-5-9-12-13-16(20-17(19)8-4)18(14-10-6-2)15-11-7-3/h8,16H,4-7,9-15H2,1-3H3. The molecule has 0 radical (unpaired) electrons. The molecule has 3 nitrogen and oxygen atoms in total. The Morgan fingerprint density at radius 2 is 1.60 bits per heavy atom. The summed E-state index contributed by atoms with van der Waals surface area (Å²) in [5, 5.41) is 0. The van der Waals surface area contributed by atoms with Gasteiger partial charge in [-0.3, -0.25) is 4.90 Å². The number of hydrogen-bond acceptors (Lipinski definition) is 3. The fraction of sp³-hybridized carbons (Fsp3) is 0.824. The summed E-state index contributed by atoms with van der Waals surface area (Å²) in [5.74, 6) is -0.301. The summed E-state index contributed by atoms with van der Waals surface area (Å²) < 4.78 is 5.57. The number of carbonyl (C=O) groups excluding carboxylic acids is 1. The van der Waals surface area contributed by atoms with Crippen LogP contribution in [-0.4, -0.2) is 30.2 Å². The molecule has 0 saturated heterocycles. The lowest BCUT2D eigenvalue weighted by molar-refractivity contribution is -0.154. The van der Waals surface area contributed by atoms with Crippen LogP contribution in [-0.2, 0) is 9.53 Å². The molecule has 118 valence electrons. The van der Waals surface area contributed by atoms with Crippen molar-refractivity contribution in [1.29, 1.82) is 0 Å². The van der Waals surface area contributed by atoms with Gasteiger partial charge in [0.05, 0.1) is 0 Å². The lowest BCUT2D eigenvalue weighted by atomic mass is 10.1. The van der Waals surface area contributed by atoms with Gasteiger partial charge in [-0.1, -0.05) is 53.0 Å². The van der Waals surface area contributed by atoms with Crippen LogP contribution >= 0.6 is 0 Å². The molecule has 0 fully saturated rings. The summed E-state index contributed by atoms with van der Waals surface area (Å²) in [6, 6.07) is 0. The third-order valence-electron chi connectivity index (χ3n) is 3.48. The highest BCUT2D eigenvalue weighted by atomic mass is 16.6. The van der Waals surface area contributed by atoms with E-state index in [9.17, 15) is 4.79 Å². The Hall–Kier alpha value is -0.830.